The Morgan fingerprint density at radius 2 is 1.91 bits per heavy atom. The van der Waals surface area contributed by atoms with Crippen LogP contribution in [0.25, 0.3) is 0 Å². The van der Waals surface area contributed by atoms with Crippen molar-refractivity contribution >= 4 is 23.2 Å². The molecule has 2 fully saturated rings. The van der Waals surface area contributed by atoms with Gasteiger partial charge in [0, 0.05) is 51.2 Å². The minimum absolute atomic E-state index is 0.0659. The molecule has 34 heavy (non-hydrogen) atoms. The Kier molecular flexibility index (Phi) is 8.10. The van der Waals surface area contributed by atoms with Crippen molar-refractivity contribution in [2.24, 2.45) is 5.92 Å². The molecule has 0 aliphatic carbocycles. The first-order chi connectivity index (χ1) is 16.4. The standard InChI is InChI=1S/C24H30F2N4O3S/c1-2-21-27-18(16-34-21)15-28-10-12-29(13-11-28)22(31)17-6-5-9-30(14-17)23(32)19-7-3-4-8-20(19)33-24(25)26/h3-4,7-8,16-17,24H,2,5-6,9-15H2,1H3. The molecule has 184 valence electrons. The number of thiazole rings is 1. The summed E-state index contributed by atoms with van der Waals surface area (Å²) >= 11 is 1.69. The summed E-state index contributed by atoms with van der Waals surface area (Å²) in [5, 5.41) is 3.25. The molecule has 3 heterocycles. The van der Waals surface area contributed by atoms with Crippen LogP contribution in [0.1, 0.15) is 40.8 Å². The SMILES string of the molecule is CCc1nc(CN2CCN(C(=O)C3CCCN(C(=O)c4ccccc4OC(F)F)C3)CC2)cs1. The lowest BCUT2D eigenvalue weighted by molar-refractivity contribution is -0.138. The highest BCUT2D eigenvalue weighted by molar-refractivity contribution is 7.09. The Morgan fingerprint density at radius 1 is 1.15 bits per heavy atom. The maximum atomic E-state index is 13.2. The zero-order valence-electron chi connectivity index (χ0n) is 19.3. The van der Waals surface area contributed by atoms with Gasteiger partial charge >= 0.3 is 6.61 Å². The number of piperidine rings is 1. The van der Waals surface area contributed by atoms with Crippen molar-refractivity contribution in [3.05, 3.63) is 45.9 Å². The third kappa shape index (κ3) is 5.90. The fourth-order valence-corrected chi connectivity index (χ4v) is 5.31. The molecule has 0 radical (unpaired) electrons. The van der Waals surface area contributed by atoms with E-state index in [1.807, 2.05) is 4.90 Å². The topological polar surface area (TPSA) is 66.0 Å². The van der Waals surface area contributed by atoms with Gasteiger partial charge in [-0.05, 0) is 31.4 Å². The first kappa shape index (κ1) is 24.5. The molecular formula is C24H30F2N4O3S. The van der Waals surface area contributed by atoms with Gasteiger partial charge < -0.3 is 14.5 Å². The van der Waals surface area contributed by atoms with Gasteiger partial charge in [0.15, 0.2) is 0 Å². The van der Waals surface area contributed by atoms with E-state index in [1.165, 1.54) is 12.1 Å². The fraction of sp³-hybridized carbons (Fsp3) is 0.542. The molecule has 2 saturated heterocycles. The Hall–Kier alpha value is -2.59. The van der Waals surface area contributed by atoms with E-state index in [-0.39, 0.29) is 29.0 Å². The Morgan fingerprint density at radius 3 is 2.62 bits per heavy atom. The third-order valence-corrected chi connectivity index (χ3v) is 7.40. The second-order valence-corrected chi connectivity index (χ2v) is 9.60. The second kappa shape index (κ2) is 11.2. The van der Waals surface area contributed by atoms with Crippen LogP contribution in [-0.2, 0) is 17.8 Å². The number of rotatable bonds is 7. The van der Waals surface area contributed by atoms with Crippen LogP contribution in [0.4, 0.5) is 8.78 Å². The monoisotopic (exact) mass is 492 g/mol. The van der Waals surface area contributed by atoms with E-state index in [4.69, 9.17) is 0 Å². The minimum atomic E-state index is -3.01. The highest BCUT2D eigenvalue weighted by atomic mass is 32.1. The lowest BCUT2D eigenvalue weighted by atomic mass is 9.95. The number of para-hydroxylation sites is 1. The van der Waals surface area contributed by atoms with Crippen LogP contribution in [0.3, 0.4) is 0 Å². The summed E-state index contributed by atoms with van der Waals surface area (Å²) in [5.41, 5.74) is 1.18. The Balaban J connectivity index is 1.32. The number of amides is 2. The van der Waals surface area contributed by atoms with Crippen molar-refractivity contribution < 1.29 is 23.1 Å². The molecule has 1 aromatic heterocycles. The number of benzene rings is 1. The van der Waals surface area contributed by atoms with Crippen molar-refractivity contribution in [3.63, 3.8) is 0 Å². The summed E-state index contributed by atoms with van der Waals surface area (Å²) in [4.78, 5) is 36.7. The molecule has 1 atom stereocenters. The molecular weight excluding hydrogens is 462 g/mol. The number of hydrogen-bond donors (Lipinski definition) is 0. The van der Waals surface area contributed by atoms with Crippen LogP contribution in [0.15, 0.2) is 29.6 Å². The van der Waals surface area contributed by atoms with Gasteiger partial charge in [-0.3, -0.25) is 14.5 Å². The average Bonchev–Trinajstić information content (AvgIpc) is 3.31. The average molecular weight is 493 g/mol. The van der Waals surface area contributed by atoms with E-state index in [0.29, 0.717) is 32.6 Å². The molecule has 2 aliphatic heterocycles. The van der Waals surface area contributed by atoms with E-state index >= 15 is 0 Å². The molecule has 7 nitrogen and oxygen atoms in total. The van der Waals surface area contributed by atoms with Gasteiger partial charge in [-0.1, -0.05) is 19.1 Å². The highest BCUT2D eigenvalue weighted by Gasteiger charge is 2.33. The predicted molar refractivity (Wildman–Crippen MR) is 125 cm³/mol. The molecule has 2 aliphatic rings. The molecule has 2 amide bonds. The van der Waals surface area contributed by atoms with Gasteiger partial charge in [-0.15, -0.1) is 11.3 Å². The van der Waals surface area contributed by atoms with Crippen molar-refractivity contribution in [1.29, 1.82) is 0 Å². The van der Waals surface area contributed by atoms with Crippen molar-refractivity contribution in [1.82, 2.24) is 19.7 Å². The number of aromatic nitrogens is 1. The number of aryl methyl sites for hydroxylation is 1. The lowest BCUT2D eigenvalue weighted by Crippen LogP contribution is -2.52. The normalized spacial score (nSPS) is 19.5. The van der Waals surface area contributed by atoms with Gasteiger partial charge in [0.25, 0.3) is 5.91 Å². The number of likely N-dealkylation sites (tertiary alicyclic amines) is 1. The zero-order chi connectivity index (χ0) is 24.1. The fourth-order valence-electron chi connectivity index (χ4n) is 4.57. The summed E-state index contributed by atoms with van der Waals surface area (Å²) < 4.78 is 30.0. The Bertz CT molecular complexity index is 994. The molecule has 2 aromatic rings. The zero-order valence-corrected chi connectivity index (χ0v) is 20.1. The Labute approximate surface area is 202 Å². The summed E-state index contributed by atoms with van der Waals surface area (Å²) in [6.45, 7) is 3.56. The van der Waals surface area contributed by atoms with E-state index in [0.717, 1.165) is 43.2 Å². The van der Waals surface area contributed by atoms with Crippen molar-refractivity contribution in [2.75, 3.05) is 39.3 Å². The van der Waals surface area contributed by atoms with Gasteiger partial charge in [0.2, 0.25) is 5.91 Å². The van der Waals surface area contributed by atoms with E-state index in [1.54, 1.807) is 28.4 Å². The highest BCUT2D eigenvalue weighted by Crippen LogP contribution is 2.26. The number of carbonyl (C=O) groups excluding carboxylic acids is 2. The van der Waals surface area contributed by atoms with Crippen LogP contribution in [0, 0.1) is 5.92 Å². The van der Waals surface area contributed by atoms with Gasteiger partial charge in [0.05, 0.1) is 22.2 Å². The first-order valence-electron chi connectivity index (χ1n) is 11.7. The summed E-state index contributed by atoms with van der Waals surface area (Å²) in [5.74, 6) is -0.735. The summed E-state index contributed by atoms with van der Waals surface area (Å²) in [7, 11) is 0. The summed E-state index contributed by atoms with van der Waals surface area (Å²) in [6, 6.07) is 6.01. The maximum absolute atomic E-state index is 13.2. The largest absolute Gasteiger partial charge is 0.434 e. The van der Waals surface area contributed by atoms with E-state index in [9.17, 15) is 18.4 Å². The third-order valence-electron chi connectivity index (χ3n) is 6.36. The van der Waals surface area contributed by atoms with Gasteiger partial charge in [-0.25, -0.2) is 4.98 Å². The van der Waals surface area contributed by atoms with E-state index < -0.39 is 6.61 Å². The molecule has 4 rings (SSSR count). The molecule has 1 unspecified atom stereocenters. The number of nitrogens with zero attached hydrogens (tertiary/aromatic N) is 4. The van der Waals surface area contributed by atoms with Crippen LogP contribution in [-0.4, -0.2) is 77.4 Å². The lowest BCUT2D eigenvalue weighted by Gasteiger charge is -2.39. The molecule has 0 spiro atoms. The molecule has 1 aromatic carbocycles. The van der Waals surface area contributed by atoms with E-state index in [2.05, 4.69) is 26.9 Å². The number of piperazine rings is 1. The van der Waals surface area contributed by atoms with Gasteiger partial charge in [0.1, 0.15) is 5.75 Å². The van der Waals surface area contributed by atoms with Crippen LogP contribution < -0.4 is 4.74 Å². The second-order valence-electron chi connectivity index (χ2n) is 8.65. The van der Waals surface area contributed by atoms with Crippen molar-refractivity contribution in [3.8, 4) is 5.75 Å². The molecule has 0 bridgehead atoms. The number of alkyl halides is 2. The molecule has 0 N–H and O–H groups in total. The summed E-state index contributed by atoms with van der Waals surface area (Å²) in [6.07, 6.45) is 2.36. The molecule has 0 saturated carbocycles. The number of hydrogen-bond acceptors (Lipinski definition) is 6. The maximum Gasteiger partial charge on any atom is 0.387 e. The van der Waals surface area contributed by atoms with Crippen LogP contribution in [0.2, 0.25) is 0 Å². The molecule has 10 heteroatoms. The van der Waals surface area contributed by atoms with Gasteiger partial charge in [-0.2, -0.15) is 8.78 Å². The minimum Gasteiger partial charge on any atom is -0.434 e. The predicted octanol–water partition coefficient (Wildman–Crippen LogP) is 3.50. The first-order valence-corrected chi connectivity index (χ1v) is 12.6. The number of carbonyl (C=O) groups is 2. The van der Waals surface area contributed by atoms with Crippen LogP contribution in [0.5, 0.6) is 5.75 Å². The quantitative estimate of drug-likeness (QED) is 0.592. The van der Waals surface area contributed by atoms with Crippen molar-refractivity contribution in [2.45, 2.75) is 39.3 Å². The number of ether oxygens (including phenoxy) is 1. The number of halogens is 2. The smallest absolute Gasteiger partial charge is 0.387 e. The van der Waals surface area contributed by atoms with Crippen LogP contribution >= 0.6 is 11.3 Å².